The van der Waals surface area contributed by atoms with Gasteiger partial charge in [-0.15, -0.1) is 0 Å². The number of ether oxygens (including phenoxy) is 2. The zero-order valence-corrected chi connectivity index (χ0v) is 13.4. The van der Waals surface area contributed by atoms with Crippen molar-refractivity contribution >= 4 is 17.3 Å². The molecule has 0 atom stereocenters. The van der Waals surface area contributed by atoms with Crippen LogP contribution in [-0.4, -0.2) is 20.1 Å². The zero-order chi connectivity index (χ0) is 17.4. The van der Waals surface area contributed by atoms with E-state index in [9.17, 15) is 10.1 Å². The minimum absolute atomic E-state index is 0.0660. The van der Waals surface area contributed by atoms with Crippen LogP contribution >= 0.6 is 0 Å². The van der Waals surface area contributed by atoms with Crippen LogP contribution in [0.1, 0.15) is 0 Å². The van der Waals surface area contributed by atoms with Crippen LogP contribution in [-0.2, 0) is 4.79 Å². The maximum atomic E-state index is 12.1. The minimum atomic E-state index is -0.502. The molecular formula is C18H17N3O3. The number of hydrogen-bond acceptors (Lipinski definition) is 5. The first-order valence-corrected chi connectivity index (χ1v) is 7.13. The fourth-order valence-corrected chi connectivity index (χ4v) is 1.95. The Bertz CT molecular complexity index is 780. The summed E-state index contributed by atoms with van der Waals surface area (Å²) in [6.45, 7) is 0. The maximum Gasteiger partial charge on any atom is 0.267 e. The first-order chi connectivity index (χ1) is 11.7. The number of rotatable bonds is 6. The van der Waals surface area contributed by atoms with Crippen molar-refractivity contribution < 1.29 is 14.3 Å². The fourth-order valence-electron chi connectivity index (χ4n) is 1.95. The summed E-state index contributed by atoms with van der Waals surface area (Å²) in [5, 5.41) is 14.8. The van der Waals surface area contributed by atoms with E-state index in [2.05, 4.69) is 10.6 Å². The Hall–Kier alpha value is -3.46. The summed E-state index contributed by atoms with van der Waals surface area (Å²) in [5.41, 5.74) is 1.13. The van der Waals surface area contributed by atoms with Crippen molar-refractivity contribution in [2.45, 2.75) is 0 Å². The average molecular weight is 323 g/mol. The molecule has 0 aromatic heterocycles. The lowest BCUT2D eigenvalue weighted by molar-refractivity contribution is -0.112. The molecule has 6 nitrogen and oxygen atoms in total. The number of carbonyl (C=O) groups excluding carboxylic acids is 1. The summed E-state index contributed by atoms with van der Waals surface area (Å²) in [4.78, 5) is 12.1. The molecule has 2 rings (SSSR count). The van der Waals surface area contributed by atoms with E-state index in [1.54, 1.807) is 49.6 Å². The molecule has 0 heterocycles. The molecule has 24 heavy (non-hydrogen) atoms. The van der Waals surface area contributed by atoms with Gasteiger partial charge in [0.15, 0.2) is 0 Å². The highest BCUT2D eigenvalue weighted by atomic mass is 16.5. The second-order valence-electron chi connectivity index (χ2n) is 4.70. The Morgan fingerprint density at radius 3 is 2.50 bits per heavy atom. The SMILES string of the molecule is COc1ccc(OC)c(N/C=C(\C#N)C(=O)Nc2ccccc2)c1. The number of hydrogen-bond donors (Lipinski definition) is 2. The molecule has 0 aliphatic carbocycles. The highest BCUT2D eigenvalue weighted by Gasteiger charge is 2.10. The van der Waals surface area contributed by atoms with Gasteiger partial charge in [0.25, 0.3) is 5.91 Å². The summed E-state index contributed by atoms with van der Waals surface area (Å²) in [6, 6.07) is 16.0. The number of para-hydroxylation sites is 1. The smallest absolute Gasteiger partial charge is 0.267 e. The first kappa shape index (κ1) is 16.9. The van der Waals surface area contributed by atoms with Gasteiger partial charge in [0.1, 0.15) is 23.1 Å². The molecule has 1 amide bonds. The quantitative estimate of drug-likeness (QED) is 0.630. The van der Waals surface area contributed by atoms with E-state index in [0.29, 0.717) is 22.9 Å². The third kappa shape index (κ3) is 4.27. The average Bonchev–Trinajstić information content (AvgIpc) is 2.62. The number of nitriles is 1. The molecule has 0 bridgehead atoms. The van der Waals surface area contributed by atoms with E-state index >= 15 is 0 Å². The van der Waals surface area contributed by atoms with Crippen LogP contribution in [0.15, 0.2) is 60.3 Å². The lowest BCUT2D eigenvalue weighted by atomic mass is 10.2. The highest BCUT2D eigenvalue weighted by molar-refractivity contribution is 6.06. The topological polar surface area (TPSA) is 83.4 Å². The Labute approximate surface area is 140 Å². The van der Waals surface area contributed by atoms with Crippen molar-refractivity contribution in [1.29, 1.82) is 5.26 Å². The monoisotopic (exact) mass is 323 g/mol. The van der Waals surface area contributed by atoms with Crippen molar-refractivity contribution in [3.05, 3.63) is 60.3 Å². The van der Waals surface area contributed by atoms with Gasteiger partial charge < -0.3 is 20.1 Å². The van der Waals surface area contributed by atoms with E-state index < -0.39 is 5.91 Å². The van der Waals surface area contributed by atoms with Gasteiger partial charge in [-0.3, -0.25) is 4.79 Å². The predicted octanol–water partition coefficient (Wildman–Crippen LogP) is 3.16. The van der Waals surface area contributed by atoms with Crippen LogP contribution < -0.4 is 20.1 Å². The molecule has 0 aliphatic heterocycles. The van der Waals surface area contributed by atoms with Gasteiger partial charge in [-0.25, -0.2) is 0 Å². The number of nitrogens with one attached hydrogen (secondary N) is 2. The second kappa shape index (κ2) is 8.25. The summed E-state index contributed by atoms with van der Waals surface area (Å²) in [7, 11) is 3.08. The molecule has 122 valence electrons. The van der Waals surface area contributed by atoms with Crippen LogP contribution in [0.4, 0.5) is 11.4 Å². The molecular weight excluding hydrogens is 306 g/mol. The molecule has 6 heteroatoms. The number of amides is 1. The second-order valence-corrected chi connectivity index (χ2v) is 4.70. The number of carbonyl (C=O) groups is 1. The van der Waals surface area contributed by atoms with E-state index in [1.165, 1.54) is 13.3 Å². The van der Waals surface area contributed by atoms with Gasteiger partial charge in [0.2, 0.25) is 0 Å². The molecule has 2 N–H and O–H groups in total. The minimum Gasteiger partial charge on any atom is -0.497 e. The standard InChI is InChI=1S/C18H17N3O3/c1-23-15-8-9-17(24-2)16(10-15)20-12-13(11-19)18(22)21-14-6-4-3-5-7-14/h3-10,12,20H,1-2H3,(H,21,22)/b13-12+. The van der Waals surface area contributed by atoms with Gasteiger partial charge in [0.05, 0.1) is 19.9 Å². The molecule has 0 saturated carbocycles. The van der Waals surface area contributed by atoms with Crippen molar-refractivity contribution in [2.75, 3.05) is 24.9 Å². The van der Waals surface area contributed by atoms with Crippen LogP contribution in [0.25, 0.3) is 0 Å². The van der Waals surface area contributed by atoms with Gasteiger partial charge >= 0.3 is 0 Å². The van der Waals surface area contributed by atoms with Gasteiger partial charge in [-0.2, -0.15) is 5.26 Å². The van der Waals surface area contributed by atoms with Crippen LogP contribution in [0.5, 0.6) is 11.5 Å². The lowest BCUT2D eigenvalue weighted by Crippen LogP contribution is -2.14. The maximum absolute atomic E-state index is 12.1. The molecule has 0 radical (unpaired) electrons. The molecule has 0 unspecified atom stereocenters. The Kier molecular flexibility index (Phi) is 5.81. The van der Waals surface area contributed by atoms with Gasteiger partial charge in [-0.05, 0) is 24.3 Å². The van der Waals surface area contributed by atoms with E-state index in [-0.39, 0.29) is 5.57 Å². The van der Waals surface area contributed by atoms with Gasteiger partial charge in [-0.1, -0.05) is 18.2 Å². The van der Waals surface area contributed by atoms with Crippen molar-refractivity contribution in [3.63, 3.8) is 0 Å². The summed E-state index contributed by atoms with van der Waals surface area (Å²) >= 11 is 0. The Morgan fingerprint density at radius 1 is 1.12 bits per heavy atom. The number of methoxy groups -OCH3 is 2. The summed E-state index contributed by atoms with van der Waals surface area (Å²) < 4.78 is 10.4. The van der Waals surface area contributed by atoms with Crippen LogP contribution in [0.2, 0.25) is 0 Å². The van der Waals surface area contributed by atoms with E-state index in [1.807, 2.05) is 12.1 Å². The molecule has 2 aromatic rings. The summed E-state index contributed by atoms with van der Waals surface area (Å²) in [6.07, 6.45) is 1.33. The normalized spacial score (nSPS) is 10.5. The molecule has 0 aliphatic rings. The van der Waals surface area contributed by atoms with Gasteiger partial charge in [0, 0.05) is 18.0 Å². The third-order valence-electron chi connectivity index (χ3n) is 3.18. The molecule has 0 fully saturated rings. The summed E-state index contributed by atoms with van der Waals surface area (Å²) in [5.74, 6) is 0.685. The Balaban J connectivity index is 2.16. The lowest BCUT2D eigenvalue weighted by Gasteiger charge is -2.10. The zero-order valence-electron chi connectivity index (χ0n) is 13.4. The highest BCUT2D eigenvalue weighted by Crippen LogP contribution is 2.29. The van der Waals surface area contributed by atoms with E-state index in [0.717, 1.165) is 0 Å². The molecule has 2 aromatic carbocycles. The number of nitrogens with zero attached hydrogens (tertiary/aromatic N) is 1. The van der Waals surface area contributed by atoms with E-state index in [4.69, 9.17) is 9.47 Å². The first-order valence-electron chi connectivity index (χ1n) is 7.13. The number of anilines is 2. The van der Waals surface area contributed by atoms with Crippen molar-refractivity contribution in [1.82, 2.24) is 0 Å². The fraction of sp³-hybridized carbons (Fsp3) is 0.111. The molecule has 0 saturated heterocycles. The largest absolute Gasteiger partial charge is 0.497 e. The molecule has 0 spiro atoms. The van der Waals surface area contributed by atoms with Crippen LogP contribution in [0.3, 0.4) is 0 Å². The third-order valence-corrected chi connectivity index (χ3v) is 3.18. The predicted molar refractivity (Wildman–Crippen MR) is 91.9 cm³/mol. The van der Waals surface area contributed by atoms with Crippen molar-refractivity contribution in [2.24, 2.45) is 0 Å². The van der Waals surface area contributed by atoms with Crippen LogP contribution in [0, 0.1) is 11.3 Å². The van der Waals surface area contributed by atoms with Crippen molar-refractivity contribution in [3.8, 4) is 17.6 Å². The number of benzene rings is 2. The Morgan fingerprint density at radius 2 is 1.88 bits per heavy atom.